The number of aryl methyl sites for hydroxylation is 2. The van der Waals surface area contributed by atoms with E-state index in [4.69, 9.17) is 20.8 Å². The highest BCUT2D eigenvalue weighted by Gasteiger charge is 2.27. The van der Waals surface area contributed by atoms with E-state index >= 15 is 0 Å². The Morgan fingerprint density at radius 1 is 1.12 bits per heavy atom. The Bertz CT molecular complexity index is 1250. The Balaban J connectivity index is 1.53. The van der Waals surface area contributed by atoms with Gasteiger partial charge < -0.3 is 14.5 Å². The Morgan fingerprint density at radius 2 is 1.84 bits per heavy atom. The summed E-state index contributed by atoms with van der Waals surface area (Å²) in [4.78, 5) is 37.5. The van der Waals surface area contributed by atoms with Crippen molar-refractivity contribution >= 4 is 34.4 Å². The van der Waals surface area contributed by atoms with Gasteiger partial charge in [-0.25, -0.2) is 9.59 Å². The van der Waals surface area contributed by atoms with Crippen LogP contribution in [0.25, 0.3) is 11.0 Å². The third-order valence-electron chi connectivity index (χ3n) is 5.74. The van der Waals surface area contributed by atoms with Crippen LogP contribution < -0.4 is 10.9 Å². The molecule has 1 aliphatic rings. The Hall–Kier alpha value is -3.12. The van der Waals surface area contributed by atoms with E-state index < -0.39 is 23.5 Å². The summed E-state index contributed by atoms with van der Waals surface area (Å²) in [6, 6.07) is 11.0. The molecule has 0 bridgehead atoms. The molecule has 0 aliphatic heterocycles. The van der Waals surface area contributed by atoms with Crippen molar-refractivity contribution in [2.24, 2.45) is 5.92 Å². The molecule has 7 heteroatoms. The number of rotatable bonds is 6. The normalized spacial score (nSPS) is 13.8. The van der Waals surface area contributed by atoms with Crippen LogP contribution in [0.15, 0.2) is 51.7 Å². The standard InChI is InChI=1S/C25H24ClNO5/c1-14(2)23(27-24(29)18-8-3-4-9-20(18)26)25(30)31-13-17-12-22(28)32-21-11-16-7-5-6-15(16)10-19(17)21/h3-4,8-12,14,23H,5-7,13H2,1-2H3,(H,27,29). The zero-order valence-corrected chi connectivity index (χ0v) is 18.7. The Labute approximate surface area is 190 Å². The number of hydrogen-bond acceptors (Lipinski definition) is 5. The van der Waals surface area contributed by atoms with E-state index in [2.05, 4.69) is 5.32 Å². The summed E-state index contributed by atoms with van der Waals surface area (Å²) in [5.74, 6) is -1.25. The van der Waals surface area contributed by atoms with E-state index in [-0.39, 0.29) is 18.1 Å². The van der Waals surface area contributed by atoms with Crippen LogP contribution in [0.5, 0.6) is 0 Å². The highest BCUT2D eigenvalue weighted by molar-refractivity contribution is 6.33. The van der Waals surface area contributed by atoms with Crippen LogP contribution in [0.3, 0.4) is 0 Å². The van der Waals surface area contributed by atoms with Gasteiger partial charge in [0.25, 0.3) is 5.91 Å². The lowest BCUT2D eigenvalue weighted by atomic mass is 10.0. The maximum Gasteiger partial charge on any atom is 0.336 e. The molecule has 4 rings (SSSR count). The highest BCUT2D eigenvalue weighted by Crippen LogP contribution is 2.29. The average Bonchev–Trinajstić information content (AvgIpc) is 3.21. The van der Waals surface area contributed by atoms with Crippen molar-refractivity contribution in [1.82, 2.24) is 5.32 Å². The third-order valence-corrected chi connectivity index (χ3v) is 6.07. The maximum atomic E-state index is 12.8. The summed E-state index contributed by atoms with van der Waals surface area (Å²) < 4.78 is 10.9. The van der Waals surface area contributed by atoms with Gasteiger partial charge in [0.15, 0.2) is 0 Å². The monoisotopic (exact) mass is 453 g/mol. The summed E-state index contributed by atoms with van der Waals surface area (Å²) in [7, 11) is 0. The summed E-state index contributed by atoms with van der Waals surface area (Å²) in [6.45, 7) is 3.54. The van der Waals surface area contributed by atoms with Gasteiger partial charge in [0, 0.05) is 17.0 Å². The second kappa shape index (κ2) is 9.17. The molecule has 0 spiro atoms. The van der Waals surface area contributed by atoms with E-state index in [0.29, 0.717) is 16.2 Å². The first-order chi connectivity index (χ1) is 15.3. The van der Waals surface area contributed by atoms with Gasteiger partial charge in [0.1, 0.15) is 18.2 Å². The lowest BCUT2D eigenvalue weighted by molar-refractivity contribution is -0.148. The predicted octanol–water partition coefficient (Wildman–Crippen LogP) is 4.43. The lowest BCUT2D eigenvalue weighted by Crippen LogP contribution is -2.45. The van der Waals surface area contributed by atoms with E-state index in [1.54, 1.807) is 24.3 Å². The number of carbonyl (C=O) groups excluding carboxylic acids is 2. The molecule has 32 heavy (non-hydrogen) atoms. The number of carbonyl (C=O) groups is 2. The van der Waals surface area contributed by atoms with Crippen molar-refractivity contribution in [2.45, 2.75) is 45.8 Å². The predicted molar refractivity (Wildman–Crippen MR) is 122 cm³/mol. The number of fused-ring (bicyclic) bond motifs is 2. The minimum atomic E-state index is -0.866. The topological polar surface area (TPSA) is 85.6 Å². The first-order valence-electron chi connectivity index (χ1n) is 10.6. The smallest absolute Gasteiger partial charge is 0.336 e. The molecule has 0 saturated heterocycles. The van der Waals surface area contributed by atoms with Gasteiger partial charge in [-0.1, -0.05) is 37.6 Å². The van der Waals surface area contributed by atoms with Gasteiger partial charge in [0.2, 0.25) is 0 Å². The summed E-state index contributed by atoms with van der Waals surface area (Å²) in [6.07, 6.45) is 3.02. The number of benzene rings is 2. The van der Waals surface area contributed by atoms with Crippen LogP contribution in [0.2, 0.25) is 5.02 Å². The molecule has 1 N–H and O–H groups in total. The van der Waals surface area contributed by atoms with Crippen LogP contribution >= 0.6 is 11.6 Å². The molecule has 1 atom stereocenters. The maximum absolute atomic E-state index is 12.8. The number of nitrogens with one attached hydrogen (secondary N) is 1. The Kier molecular flexibility index (Phi) is 6.33. The summed E-state index contributed by atoms with van der Waals surface area (Å²) >= 11 is 6.10. The fourth-order valence-electron chi connectivity index (χ4n) is 4.01. The van der Waals surface area contributed by atoms with Gasteiger partial charge in [0.05, 0.1) is 10.6 Å². The zero-order valence-electron chi connectivity index (χ0n) is 17.9. The van der Waals surface area contributed by atoms with Crippen molar-refractivity contribution in [3.8, 4) is 0 Å². The average molecular weight is 454 g/mol. The van der Waals surface area contributed by atoms with Crippen molar-refractivity contribution in [2.75, 3.05) is 0 Å². The molecule has 1 unspecified atom stereocenters. The quantitative estimate of drug-likeness (QED) is 0.440. The molecule has 1 aromatic heterocycles. The third kappa shape index (κ3) is 4.55. The molecule has 2 aromatic carbocycles. The molecule has 1 amide bonds. The summed E-state index contributed by atoms with van der Waals surface area (Å²) in [5.41, 5.74) is 3.29. The second-order valence-corrected chi connectivity index (χ2v) is 8.75. The molecule has 1 aliphatic carbocycles. The van der Waals surface area contributed by atoms with E-state index in [9.17, 15) is 14.4 Å². The minimum Gasteiger partial charge on any atom is -0.459 e. The zero-order chi connectivity index (χ0) is 22.8. The molecular weight excluding hydrogens is 430 g/mol. The van der Waals surface area contributed by atoms with Gasteiger partial charge in [-0.3, -0.25) is 4.79 Å². The van der Waals surface area contributed by atoms with Gasteiger partial charge in [-0.05, 0) is 60.6 Å². The van der Waals surface area contributed by atoms with Crippen molar-refractivity contribution in [3.05, 3.63) is 80.2 Å². The largest absolute Gasteiger partial charge is 0.459 e. The second-order valence-electron chi connectivity index (χ2n) is 8.34. The van der Waals surface area contributed by atoms with Crippen LogP contribution in [-0.2, 0) is 29.0 Å². The number of esters is 1. The van der Waals surface area contributed by atoms with Crippen LogP contribution in [0, 0.1) is 5.92 Å². The van der Waals surface area contributed by atoms with Crippen molar-refractivity contribution in [3.63, 3.8) is 0 Å². The van der Waals surface area contributed by atoms with Crippen LogP contribution in [-0.4, -0.2) is 17.9 Å². The number of hydrogen-bond donors (Lipinski definition) is 1. The minimum absolute atomic E-state index is 0.0924. The van der Waals surface area contributed by atoms with E-state index in [0.717, 1.165) is 24.6 Å². The fourth-order valence-corrected chi connectivity index (χ4v) is 4.24. The molecule has 6 nitrogen and oxygen atoms in total. The number of amides is 1. The van der Waals surface area contributed by atoms with Crippen molar-refractivity contribution < 1.29 is 18.7 Å². The van der Waals surface area contributed by atoms with Gasteiger partial charge in [-0.15, -0.1) is 0 Å². The molecule has 0 saturated carbocycles. The Morgan fingerprint density at radius 3 is 2.56 bits per heavy atom. The molecule has 0 fully saturated rings. The molecule has 1 heterocycles. The number of ether oxygens (including phenoxy) is 1. The fraction of sp³-hybridized carbons (Fsp3) is 0.320. The molecule has 166 valence electrons. The van der Waals surface area contributed by atoms with Crippen LogP contribution in [0.4, 0.5) is 0 Å². The summed E-state index contributed by atoms with van der Waals surface area (Å²) in [5, 5.41) is 3.78. The van der Waals surface area contributed by atoms with Crippen molar-refractivity contribution in [1.29, 1.82) is 0 Å². The first kappa shape index (κ1) is 22.1. The highest BCUT2D eigenvalue weighted by atomic mass is 35.5. The van der Waals surface area contributed by atoms with Crippen LogP contribution in [0.1, 0.15) is 47.3 Å². The molecular formula is C25H24ClNO5. The van der Waals surface area contributed by atoms with Gasteiger partial charge in [-0.2, -0.15) is 0 Å². The lowest BCUT2D eigenvalue weighted by Gasteiger charge is -2.21. The van der Waals surface area contributed by atoms with E-state index in [1.165, 1.54) is 17.2 Å². The SMILES string of the molecule is CC(C)C(NC(=O)c1ccccc1Cl)C(=O)OCc1cc(=O)oc2cc3c(cc12)CCC3. The number of halogens is 1. The first-order valence-corrected chi connectivity index (χ1v) is 11.0. The molecule has 0 radical (unpaired) electrons. The van der Waals surface area contributed by atoms with Gasteiger partial charge >= 0.3 is 11.6 Å². The van der Waals surface area contributed by atoms with E-state index in [1.807, 2.05) is 26.0 Å². The molecule has 3 aromatic rings.